The number of thiazole rings is 1. The van der Waals surface area contributed by atoms with Crippen LogP contribution in [0.15, 0.2) is 42.2 Å². The summed E-state index contributed by atoms with van der Waals surface area (Å²) < 4.78 is 20.9. The van der Waals surface area contributed by atoms with Crippen LogP contribution in [0.25, 0.3) is 11.3 Å². The molecule has 0 aliphatic carbocycles. The highest BCUT2D eigenvalue weighted by molar-refractivity contribution is 7.13. The largest absolute Gasteiger partial charge is 0.378 e. The van der Waals surface area contributed by atoms with Crippen molar-refractivity contribution in [3.63, 3.8) is 0 Å². The van der Waals surface area contributed by atoms with Crippen molar-refractivity contribution in [1.82, 2.24) is 24.9 Å². The Kier molecular flexibility index (Phi) is 6.06. The summed E-state index contributed by atoms with van der Waals surface area (Å²) >= 11 is 1.29. The molecule has 1 saturated heterocycles. The Morgan fingerprint density at radius 3 is 2.65 bits per heavy atom. The second kappa shape index (κ2) is 9.67. The molecule has 13 heteroatoms. The monoisotopic (exact) mass is 519 g/mol. The van der Waals surface area contributed by atoms with Gasteiger partial charge in [-0.3, -0.25) is 10.1 Å². The predicted octanol–water partition coefficient (Wildman–Crippen LogP) is 2.89. The number of aromatic nitrogens is 5. The highest BCUT2D eigenvalue weighted by Gasteiger charge is 2.31. The van der Waals surface area contributed by atoms with Crippen LogP contribution in [0.3, 0.4) is 0 Å². The molecule has 4 aromatic rings. The molecular formula is C24H22FN9O2S. The van der Waals surface area contributed by atoms with Crippen molar-refractivity contribution in [1.29, 1.82) is 0 Å². The molecule has 37 heavy (non-hydrogen) atoms. The number of nitrogens with two attached hydrogens (primary N) is 1. The third kappa shape index (κ3) is 4.54. The molecule has 5 heterocycles. The third-order valence-corrected chi connectivity index (χ3v) is 6.90. The molecule has 3 N–H and O–H groups in total. The standard InChI is InChI=1S/C24H22FN9O2S/c25-17-11-14(21(35)32-24-27-4-10-37-24)1-2-18(17)34-5-3-16-19(15-12-28-22(26)29-13-15)30-23(31-20(16)34)33-6-8-36-9-7-33/h1-2,4,10-13H,3,5-9H2,(H2,26,28,29)(H,27,32,35). The van der Waals surface area contributed by atoms with Crippen molar-refractivity contribution in [2.75, 3.05) is 53.7 Å². The van der Waals surface area contributed by atoms with Gasteiger partial charge in [-0.15, -0.1) is 11.3 Å². The Hall–Kier alpha value is -4.23. The fraction of sp³-hybridized carbons (Fsp3) is 0.250. The van der Waals surface area contributed by atoms with Gasteiger partial charge in [-0.1, -0.05) is 0 Å². The zero-order valence-corrected chi connectivity index (χ0v) is 20.4. The average Bonchev–Trinajstić information content (AvgIpc) is 3.59. The van der Waals surface area contributed by atoms with E-state index in [1.54, 1.807) is 36.1 Å². The first kappa shape index (κ1) is 23.2. The molecule has 3 aromatic heterocycles. The van der Waals surface area contributed by atoms with Crippen LogP contribution in [-0.2, 0) is 11.2 Å². The number of nitrogens with zero attached hydrogens (tertiary/aromatic N) is 7. The Labute approximate surface area is 215 Å². The zero-order valence-electron chi connectivity index (χ0n) is 19.6. The van der Waals surface area contributed by atoms with Crippen molar-refractivity contribution in [2.45, 2.75) is 6.42 Å². The van der Waals surface area contributed by atoms with E-state index < -0.39 is 11.7 Å². The van der Waals surface area contributed by atoms with Gasteiger partial charge in [0, 0.05) is 60.3 Å². The van der Waals surface area contributed by atoms with Gasteiger partial charge >= 0.3 is 0 Å². The van der Waals surface area contributed by atoms with Crippen LogP contribution in [-0.4, -0.2) is 63.7 Å². The van der Waals surface area contributed by atoms with Crippen LogP contribution < -0.4 is 20.9 Å². The third-order valence-electron chi connectivity index (χ3n) is 6.21. The summed E-state index contributed by atoms with van der Waals surface area (Å²) in [6, 6.07) is 4.43. The van der Waals surface area contributed by atoms with Crippen LogP contribution in [0, 0.1) is 5.82 Å². The average molecular weight is 520 g/mol. The molecule has 6 rings (SSSR count). The number of anilines is 5. The van der Waals surface area contributed by atoms with E-state index in [9.17, 15) is 4.79 Å². The summed E-state index contributed by atoms with van der Waals surface area (Å²) in [6.45, 7) is 2.94. The van der Waals surface area contributed by atoms with Crippen molar-refractivity contribution in [2.24, 2.45) is 0 Å². The van der Waals surface area contributed by atoms with E-state index in [1.165, 1.54) is 17.4 Å². The number of morpholine rings is 1. The molecule has 0 spiro atoms. The van der Waals surface area contributed by atoms with Gasteiger partial charge in [0.1, 0.15) is 11.6 Å². The van der Waals surface area contributed by atoms with E-state index in [2.05, 4.69) is 20.3 Å². The lowest BCUT2D eigenvalue weighted by Crippen LogP contribution is -2.37. The lowest BCUT2D eigenvalue weighted by molar-refractivity contribution is 0.102. The Morgan fingerprint density at radius 2 is 1.92 bits per heavy atom. The summed E-state index contributed by atoms with van der Waals surface area (Å²) in [7, 11) is 0. The van der Waals surface area contributed by atoms with Gasteiger partial charge in [-0.2, -0.15) is 4.98 Å². The van der Waals surface area contributed by atoms with Gasteiger partial charge in [0.15, 0.2) is 5.13 Å². The number of nitrogens with one attached hydrogen (secondary N) is 1. The lowest BCUT2D eigenvalue weighted by Gasteiger charge is -2.28. The maximum atomic E-state index is 15.4. The van der Waals surface area contributed by atoms with Gasteiger partial charge in [0.2, 0.25) is 11.9 Å². The number of carbonyl (C=O) groups excluding carboxylic acids is 1. The first-order valence-corrected chi connectivity index (χ1v) is 12.5. The quantitative estimate of drug-likeness (QED) is 0.405. The number of hydrogen-bond donors (Lipinski definition) is 2. The van der Waals surface area contributed by atoms with E-state index in [1.807, 2.05) is 9.80 Å². The van der Waals surface area contributed by atoms with Crippen LogP contribution in [0.5, 0.6) is 0 Å². The number of nitrogen functional groups attached to an aromatic ring is 1. The molecule has 2 aliphatic rings. The predicted molar refractivity (Wildman–Crippen MR) is 138 cm³/mol. The molecule has 1 amide bonds. The minimum Gasteiger partial charge on any atom is -0.378 e. The fourth-order valence-electron chi connectivity index (χ4n) is 4.40. The number of hydrogen-bond acceptors (Lipinski definition) is 11. The maximum absolute atomic E-state index is 15.4. The molecule has 11 nitrogen and oxygen atoms in total. The molecule has 2 aliphatic heterocycles. The molecule has 188 valence electrons. The second-order valence-corrected chi connectivity index (χ2v) is 9.36. The molecule has 0 atom stereocenters. The molecule has 1 fully saturated rings. The van der Waals surface area contributed by atoms with E-state index >= 15 is 4.39 Å². The van der Waals surface area contributed by atoms with Crippen LogP contribution in [0.4, 0.5) is 32.9 Å². The number of benzene rings is 1. The maximum Gasteiger partial charge on any atom is 0.257 e. The van der Waals surface area contributed by atoms with Crippen molar-refractivity contribution in [3.8, 4) is 11.3 Å². The highest BCUT2D eigenvalue weighted by atomic mass is 32.1. The molecule has 0 radical (unpaired) electrons. The number of rotatable bonds is 5. The van der Waals surface area contributed by atoms with Crippen LogP contribution >= 0.6 is 11.3 Å². The van der Waals surface area contributed by atoms with Crippen LogP contribution in [0.1, 0.15) is 15.9 Å². The van der Waals surface area contributed by atoms with E-state index in [0.29, 0.717) is 73.1 Å². The number of halogens is 1. The Balaban J connectivity index is 1.37. The zero-order chi connectivity index (χ0) is 25.4. The van der Waals surface area contributed by atoms with Gasteiger partial charge < -0.3 is 20.3 Å². The fourth-order valence-corrected chi connectivity index (χ4v) is 4.93. The summed E-state index contributed by atoms with van der Waals surface area (Å²) in [5.74, 6) is 0.363. The van der Waals surface area contributed by atoms with Crippen molar-refractivity contribution < 1.29 is 13.9 Å². The van der Waals surface area contributed by atoms with Crippen molar-refractivity contribution in [3.05, 3.63) is 59.1 Å². The number of carbonyl (C=O) groups is 1. The van der Waals surface area contributed by atoms with Gasteiger partial charge in [0.05, 0.1) is 24.6 Å². The van der Waals surface area contributed by atoms with E-state index in [0.717, 1.165) is 5.56 Å². The SMILES string of the molecule is Nc1ncc(-c2nc(N3CCOCC3)nc3c2CCN3c2ccc(C(=O)Nc3nccs3)cc2F)cn1. The second-order valence-electron chi connectivity index (χ2n) is 8.46. The Bertz CT molecular complexity index is 1440. The van der Waals surface area contributed by atoms with Gasteiger partial charge in [-0.25, -0.2) is 24.3 Å². The molecule has 0 unspecified atom stereocenters. The minimum atomic E-state index is -0.524. The minimum absolute atomic E-state index is 0.172. The Morgan fingerprint density at radius 1 is 1.11 bits per heavy atom. The summed E-state index contributed by atoms with van der Waals surface area (Å²) in [6.07, 6.45) is 5.46. The summed E-state index contributed by atoms with van der Waals surface area (Å²) in [5, 5.41) is 4.88. The molecule has 0 bridgehead atoms. The van der Waals surface area contributed by atoms with E-state index in [4.69, 9.17) is 20.4 Å². The summed E-state index contributed by atoms with van der Waals surface area (Å²) in [5.41, 5.74) is 8.49. The smallest absolute Gasteiger partial charge is 0.257 e. The number of ether oxygens (including phenoxy) is 1. The van der Waals surface area contributed by atoms with Gasteiger partial charge in [-0.05, 0) is 24.6 Å². The molecule has 0 saturated carbocycles. The van der Waals surface area contributed by atoms with Crippen molar-refractivity contribution >= 4 is 45.8 Å². The van der Waals surface area contributed by atoms with E-state index in [-0.39, 0.29) is 11.5 Å². The number of fused-ring (bicyclic) bond motifs is 1. The lowest BCUT2D eigenvalue weighted by atomic mass is 10.1. The normalized spacial score (nSPS) is 15.1. The van der Waals surface area contributed by atoms with Crippen LogP contribution in [0.2, 0.25) is 0 Å². The van der Waals surface area contributed by atoms with Gasteiger partial charge in [0.25, 0.3) is 5.91 Å². The first-order chi connectivity index (χ1) is 18.1. The topological polar surface area (TPSA) is 135 Å². The molecule has 1 aromatic carbocycles. The first-order valence-electron chi connectivity index (χ1n) is 11.7. The molecular weight excluding hydrogens is 497 g/mol. The highest BCUT2D eigenvalue weighted by Crippen LogP contribution is 2.40. The number of amides is 1. The summed E-state index contributed by atoms with van der Waals surface area (Å²) in [4.78, 5) is 38.4.